The molecule has 0 unspecified atom stereocenters. The first-order valence-electron chi connectivity index (χ1n) is 4.27. The molecule has 72 valence electrons. The van der Waals surface area contributed by atoms with E-state index in [1.807, 2.05) is 39.1 Å². The highest BCUT2D eigenvalue weighted by Crippen LogP contribution is 2.25. The van der Waals surface area contributed by atoms with Crippen molar-refractivity contribution in [2.24, 2.45) is 0 Å². The average Bonchev–Trinajstić information content (AvgIpc) is 2.01. The minimum Gasteiger partial charge on any atom is -0.491 e. The van der Waals surface area contributed by atoms with Crippen LogP contribution in [-0.4, -0.2) is 13.2 Å². The zero-order valence-corrected chi connectivity index (χ0v) is 9.68. The Hall–Kier alpha value is -0.700. The highest BCUT2D eigenvalue weighted by atomic mass is 79.9. The van der Waals surface area contributed by atoms with Crippen LogP contribution in [-0.2, 0) is 0 Å². The van der Waals surface area contributed by atoms with Crippen LogP contribution in [0.15, 0.2) is 22.7 Å². The lowest BCUT2D eigenvalue weighted by Crippen LogP contribution is -2.05. The SMILES string of the molecule is CNc1cc(Br)cc(OC(C)C)c1. The molecule has 0 aromatic heterocycles. The highest BCUT2D eigenvalue weighted by molar-refractivity contribution is 9.10. The Kier molecular flexibility index (Phi) is 3.60. The van der Waals surface area contributed by atoms with Gasteiger partial charge in [-0.1, -0.05) is 15.9 Å². The molecule has 0 saturated carbocycles. The van der Waals surface area contributed by atoms with Crippen LogP contribution in [0.3, 0.4) is 0 Å². The molecule has 3 heteroatoms. The fraction of sp³-hybridized carbons (Fsp3) is 0.400. The van der Waals surface area contributed by atoms with E-state index < -0.39 is 0 Å². The van der Waals surface area contributed by atoms with E-state index in [-0.39, 0.29) is 6.10 Å². The van der Waals surface area contributed by atoms with Gasteiger partial charge in [0.05, 0.1) is 6.10 Å². The summed E-state index contributed by atoms with van der Waals surface area (Å²) in [6, 6.07) is 5.94. The Balaban J connectivity index is 2.88. The summed E-state index contributed by atoms with van der Waals surface area (Å²) in [5.41, 5.74) is 1.05. The largest absolute Gasteiger partial charge is 0.491 e. The molecule has 0 saturated heterocycles. The van der Waals surface area contributed by atoms with Crippen LogP contribution >= 0.6 is 15.9 Å². The summed E-state index contributed by atoms with van der Waals surface area (Å²) in [5, 5.41) is 3.07. The molecule has 0 atom stereocenters. The van der Waals surface area contributed by atoms with Gasteiger partial charge in [0.15, 0.2) is 0 Å². The standard InChI is InChI=1S/C10H14BrNO/c1-7(2)13-10-5-8(11)4-9(6-10)12-3/h4-7,12H,1-3H3. The topological polar surface area (TPSA) is 21.3 Å². The van der Waals surface area contributed by atoms with Crippen molar-refractivity contribution in [2.45, 2.75) is 20.0 Å². The van der Waals surface area contributed by atoms with E-state index in [2.05, 4.69) is 21.2 Å². The van der Waals surface area contributed by atoms with E-state index in [0.29, 0.717) is 0 Å². The minimum absolute atomic E-state index is 0.207. The van der Waals surface area contributed by atoms with E-state index in [0.717, 1.165) is 15.9 Å². The lowest BCUT2D eigenvalue weighted by Gasteiger charge is -2.11. The summed E-state index contributed by atoms with van der Waals surface area (Å²) in [6.45, 7) is 4.03. The molecule has 2 nitrogen and oxygen atoms in total. The molecule has 0 aliphatic rings. The van der Waals surface area contributed by atoms with Crippen molar-refractivity contribution in [3.05, 3.63) is 22.7 Å². The minimum atomic E-state index is 0.207. The van der Waals surface area contributed by atoms with Crippen LogP contribution < -0.4 is 10.1 Å². The Labute approximate surface area is 87.4 Å². The van der Waals surface area contributed by atoms with Gasteiger partial charge < -0.3 is 10.1 Å². The molecule has 0 aliphatic carbocycles. The van der Waals surface area contributed by atoms with E-state index in [9.17, 15) is 0 Å². The number of hydrogen-bond acceptors (Lipinski definition) is 2. The number of rotatable bonds is 3. The van der Waals surface area contributed by atoms with Crippen LogP contribution in [0, 0.1) is 0 Å². The Morgan fingerprint density at radius 1 is 1.31 bits per heavy atom. The monoisotopic (exact) mass is 243 g/mol. The molecule has 0 aliphatic heterocycles. The highest BCUT2D eigenvalue weighted by Gasteiger charge is 2.00. The maximum absolute atomic E-state index is 5.57. The molecule has 0 bridgehead atoms. The molecule has 1 aromatic carbocycles. The van der Waals surface area contributed by atoms with Gasteiger partial charge in [-0.25, -0.2) is 0 Å². The number of ether oxygens (including phenoxy) is 1. The average molecular weight is 244 g/mol. The molecule has 1 N–H and O–H groups in total. The zero-order chi connectivity index (χ0) is 9.84. The van der Waals surface area contributed by atoms with Crippen LogP contribution in [0.5, 0.6) is 5.75 Å². The van der Waals surface area contributed by atoms with Crippen molar-refractivity contribution in [3.63, 3.8) is 0 Å². The second-order valence-corrected chi connectivity index (χ2v) is 4.01. The Morgan fingerprint density at radius 3 is 2.54 bits per heavy atom. The molecule has 0 fully saturated rings. The lowest BCUT2D eigenvalue weighted by atomic mass is 10.3. The van der Waals surface area contributed by atoms with Crippen molar-refractivity contribution in [2.75, 3.05) is 12.4 Å². The maximum atomic E-state index is 5.57. The quantitative estimate of drug-likeness (QED) is 0.880. The molecule has 0 amide bonds. The summed E-state index contributed by atoms with van der Waals surface area (Å²) in [7, 11) is 1.89. The summed E-state index contributed by atoms with van der Waals surface area (Å²) in [4.78, 5) is 0. The van der Waals surface area contributed by atoms with Crippen molar-refractivity contribution in [1.29, 1.82) is 0 Å². The van der Waals surface area contributed by atoms with E-state index in [1.165, 1.54) is 0 Å². The number of benzene rings is 1. The molecular formula is C10H14BrNO. The summed E-state index contributed by atoms with van der Waals surface area (Å²) in [6.07, 6.45) is 0.207. The summed E-state index contributed by atoms with van der Waals surface area (Å²) >= 11 is 3.42. The fourth-order valence-electron chi connectivity index (χ4n) is 1.05. The summed E-state index contributed by atoms with van der Waals surface area (Å²) in [5.74, 6) is 0.883. The zero-order valence-electron chi connectivity index (χ0n) is 8.10. The van der Waals surface area contributed by atoms with Gasteiger partial charge in [-0.15, -0.1) is 0 Å². The number of anilines is 1. The molecule has 0 heterocycles. The van der Waals surface area contributed by atoms with E-state index in [4.69, 9.17) is 4.74 Å². The van der Waals surface area contributed by atoms with Crippen LogP contribution in [0.4, 0.5) is 5.69 Å². The van der Waals surface area contributed by atoms with Gasteiger partial charge in [-0.2, -0.15) is 0 Å². The molecular weight excluding hydrogens is 230 g/mol. The third-order valence-electron chi connectivity index (χ3n) is 1.53. The molecule has 1 aromatic rings. The van der Waals surface area contributed by atoms with Crippen molar-refractivity contribution in [3.8, 4) is 5.75 Å². The van der Waals surface area contributed by atoms with Crippen LogP contribution in [0.25, 0.3) is 0 Å². The van der Waals surface area contributed by atoms with Gasteiger partial charge in [0, 0.05) is 23.3 Å². The second kappa shape index (κ2) is 4.51. The van der Waals surface area contributed by atoms with E-state index in [1.54, 1.807) is 0 Å². The predicted molar refractivity (Wildman–Crippen MR) is 59.5 cm³/mol. The van der Waals surface area contributed by atoms with Crippen LogP contribution in [0.1, 0.15) is 13.8 Å². The normalized spacial score (nSPS) is 10.2. The summed E-state index contributed by atoms with van der Waals surface area (Å²) < 4.78 is 6.59. The van der Waals surface area contributed by atoms with Crippen LogP contribution in [0.2, 0.25) is 0 Å². The van der Waals surface area contributed by atoms with Gasteiger partial charge in [-0.05, 0) is 26.0 Å². The second-order valence-electron chi connectivity index (χ2n) is 3.09. The fourth-order valence-corrected chi connectivity index (χ4v) is 1.52. The first-order chi connectivity index (χ1) is 6.11. The predicted octanol–water partition coefficient (Wildman–Crippen LogP) is 3.28. The number of halogens is 1. The molecule has 0 radical (unpaired) electrons. The lowest BCUT2D eigenvalue weighted by molar-refractivity contribution is 0.242. The molecule has 0 spiro atoms. The van der Waals surface area contributed by atoms with Crippen molar-refractivity contribution >= 4 is 21.6 Å². The first kappa shape index (κ1) is 10.4. The van der Waals surface area contributed by atoms with Gasteiger partial charge in [0.1, 0.15) is 5.75 Å². The first-order valence-corrected chi connectivity index (χ1v) is 5.06. The maximum Gasteiger partial charge on any atom is 0.122 e. The van der Waals surface area contributed by atoms with Gasteiger partial charge >= 0.3 is 0 Å². The van der Waals surface area contributed by atoms with Crippen molar-refractivity contribution in [1.82, 2.24) is 0 Å². The Bertz CT molecular complexity index is 286. The number of hydrogen-bond donors (Lipinski definition) is 1. The third-order valence-corrected chi connectivity index (χ3v) is 1.99. The smallest absolute Gasteiger partial charge is 0.122 e. The van der Waals surface area contributed by atoms with Gasteiger partial charge in [0.25, 0.3) is 0 Å². The van der Waals surface area contributed by atoms with Gasteiger partial charge in [-0.3, -0.25) is 0 Å². The third kappa shape index (κ3) is 3.27. The van der Waals surface area contributed by atoms with Crippen molar-refractivity contribution < 1.29 is 4.74 Å². The number of nitrogens with one attached hydrogen (secondary N) is 1. The molecule has 13 heavy (non-hydrogen) atoms. The molecule has 1 rings (SSSR count). The van der Waals surface area contributed by atoms with E-state index >= 15 is 0 Å². The van der Waals surface area contributed by atoms with Gasteiger partial charge in [0.2, 0.25) is 0 Å². The Morgan fingerprint density at radius 2 is 2.00 bits per heavy atom.